The minimum atomic E-state index is -1.08. The Labute approximate surface area is 87.7 Å². The molecule has 0 bridgehead atoms. The first-order valence-corrected chi connectivity index (χ1v) is 4.60. The molecule has 0 saturated carbocycles. The fraction of sp³-hybridized carbons (Fsp3) is 0.556. The number of nitrogens with one attached hydrogen (secondary N) is 2. The van der Waals surface area contributed by atoms with E-state index in [1.165, 1.54) is 6.08 Å². The van der Waals surface area contributed by atoms with E-state index in [9.17, 15) is 9.18 Å². The molecule has 1 atom stereocenters. The molecule has 0 aliphatic heterocycles. The Morgan fingerprint density at radius 1 is 1.67 bits per heavy atom. The number of hydrogen-bond donors (Lipinski definition) is 4. The molecule has 15 heavy (non-hydrogen) atoms. The lowest BCUT2D eigenvalue weighted by atomic mass is 10.1. The second-order valence-corrected chi connectivity index (χ2v) is 3.01. The van der Waals surface area contributed by atoms with Gasteiger partial charge in [0.15, 0.2) is 0 Å². The highest BCUT2D eigenvalue weighted by molar-refractivity contribution is 5.72. The Kier molecular flexibility index (Phi) is 7.39. The summed E-state index contributed by atoms with van der Waals surface area (Å²) < 4.78 is 12.9. The van der Waals surface area contributed by atoms with Gasteiger partial charge in [0, 0.05) is 19.3 Å². The summed E-state index contributed by atoms with van der Waals surface area (Å²) in [6.45, 7) is 0.369. The van der Waals surface area contributed by atoms with Gasteiger partial charge >= 0.3 is 5.97 Å². The Morgan fingerprint density at radius 3 is 2.87 bits per heavy atom. The highest BCUT2D eigenvalue weighted by Gasteiger charge is 2.09. The minimum absolute atomic E-state index is 0.0533. The van der Waals surface area contributed by atoms with Gasteiger partial charge in [-0.05, 0) is 12.8 Å². The highest BCUT2D eigenvalue weighted by atomic mass is 19.1. The number of aliphatic carboxylic acids is 1. The van der Waals surface area contributed by atoms with Crippen molar-refractivity contribution in [2.45, 2.75) is 18.9 Å². The maximum absolute atomic E-state index is 12.9. The van der Waals surface area contributed by atoms with Crippen LogP contribution in [0.3, 0.4) is 0 Å². The van der Waals surface area contributed by atoms with Crippen molar-refractivity contribution in [3.8, 4) is 0 Å². The van der Waals surface area contributed by atoms with E-state index in [4.69, 9.17) is 16.2 Å². The third kappa shape index (κ3) is 7.77. The fourth-order valence-corrected chi connectivity index (χ4v) is 0.879. The number of carbonyl (C=O) groups is 1. The third-order valence-corrected chi connectivity index (χ3v) is 1.70. The van der Waals surface area contributed by atoms with E-state index >= 15 is 0 Å². The molecule has 0 saturated heterocycles. The van der Waals surface area contributed by atoms with E-state index in [0.29, 0.717) is 13.0 Å². The topological polar surface area (TPSA) is 99.2 Å². The van der Waals surface area contributed by atoms with E-state index in [1.807, 2.05) is 0 Å². The minimum Gasteiger partial charge on any atom is -0.480 e. The predicted molar refractivity (Wildman–Crippen MR) is 55.7 cm³/mol. The second-order valence-electron chi connectivity index (χ2n) is 3.01. The average molecular weight is 217 g/mol. The van der Waals surface area contributed by atoms with Gasteiger partial charge in [0.05, 0.1) is 0 Å². The molecule has 0 aliphatic carbocycles. The quantitative estimate of drug-likeness (QED) is 0.346. The van der Waals surface area contributed by atoms with Crippen molar-refractivity contribution >= 4 is 12.2 Å². The van der Waals surface area contributed by atoms with Crippen molar-refractivity contribution in [2.24, 2.45) is 5.73 Å². The molecule has 6 heteroatoms. The Morgan fingerprint density at radius 2 is 2.33 bits per heavy atom. The normalized spacial score (nSPS) is 13.6. The van der Waals surface area contributed by atoms with Gasteiger partial charge in [0.25, 0.3) is 0 Å². The van der Waals surface area contributed by atoms with Gasteiger partial charge in [-0.2, -0.15) is 0 Å². The summed E-state index contributed by atoms with van der Waals surface area (Å²) in [5.41, 5.74) is 5.23. The number of rotatable bonds is 8. The van der Waals surface area contributed by atoms with Crippen LogP contribution in [0.1, 0.15) is 12.8 Å². The average Bonchev–Trinajstić information content (AvgIpc) is 2.18. The number of allylic oxidation sites excluding steroid dienone is 1. The van der Waals surface area contributed by atoms with E-state index in [-0.39, 0.29) is 18.8 Å². The second kappa shape index (κ2) is 8.07. The molecule has 0 aliphatic rings. The Bertz CT molecular complexity index is 244. The molecule has 0 heterocycles. The summed E-state index contributed by atoms with van der Waals surface area (Å²) in [6.07, 6.45) is 2.95. The molecule has 0 fully saturated rings. The summed E-state index contributed by atoms with van der Waals surface area (Å²) in [7, 11) is 0. The Balaban J connectivity index is 3.66. The van der Waals surface area contributed by atoms with Gasteiger partial charge in [0.1, 0.15) is 11.9 Å². The van der Waals surface area contributed by atoms with Crippen molar-refractivity contribution < 1.29 is 14.3 Å². The van der Waals surface area contributed by atoms with Crippen LogP contribution in [0.25, 0.3) is 0 Å². The van der Waals surface area contributed by atoms with Crippen LogP contribution in [-0.4, -0.2) is 36.4 Å². The molecule has 5 nitrogen and oxygen atoms in total. The van der Waals surface area contributed by atoms with Crippen molar-refractivity contribution in [3.63, 3.8) is 0 Å². The van der Waals surface area contributed by atoms with Crippen molar-refractivity contribution in [1.82, 2.24) is 5.32 Å². The first-order valence-electron chi connectivity index (χ1n) is 4.60. The van der Waals surface area contributed by atoms with Crippen LogP contribution in [-0.2, 0) is 4.79 Å². The lowest BCUT2D eigenvalue weighted by molar-refractivity contribution is -0.138. The summed E-state index contributed by atoms with van der Waals surface area (Å²) in [4.78, 5) is 10.3. The van der Waals surface area contributed by atoms with E-state index in [0.717, 1.165) is 6.21 Å². The van der Waals surface area contributed by atoms with Crippen molar-refractivity contribution in [1.29, 1.82) is 5.41 Å². The lowest BCUT2D eigenvalue weighted by Crippen LogP contribution is -2.29. The molecular weight excluding hydrogens is 201 g/mol. The zero-order valence-corrected chi connectivity index (χ0v) is 8.37. The maximum Gasteiger partial charge on any atom is 0.320 e. The number of carboxylic acids is 1. The molecule has 5 N–H and O–H groups in total. The van der Waals surface area contributed by atoms with E-state index in [1.54, 1.807) is 0 Å². The highest BCUT2D eigenvalue weighted by Crippen LogP contribution is 2.01. The molecule has 86 valence electrons. The van der Waals surface area contributed by atoms with Crippen molar-refractivity contribution in [2.75, 3.05) is 13.1 Å². The molecular formula is C9H16FN3O2. The summed E-state index contributed by atoms with van der Waals surface area (Å²) in [5, 5.41) is 17.8. The fourth-order valence-electron chi connectivity index (χ4n) is 0.879. The first-order chi connectivity index (χ1) is 7.07. The maximum atomic E-state index is 12.9. The first kappa shape index (κ1) is 13.7. The number of carboxylic acid groups (broad SMARTS) is 1. The molecule has 0 radical (unpaired) electrons. The van der Waals surface area contributed by atoms with Crippen molar-refractivity contribution in [3.05, 3.63) is 11.9 Å². The zero-order chi connectivity index (χ0) is 11.7. The van der Waals surface area contributed by atoms with Crippen LogP contribution in [0, 0.1) is 5.41 Å². The van der Waals surface area contributed by atoms with Gasteiger partial charge in [-0.3, -0.25) is 4.79 Å². The van der Waals surface area contributed by atoms with Gasteiger partial charge in [-0.1, -0.05) is 6.08 Å². The molecule has 0 aromatic heterocycles. The molecule has 0 aromatic rings. The zero-order valence-electron chi connectivity index (χ0n) is 8.37. The van der Waals surface area contributed by atoms with Crippen LogP contribution in [0.15, 0.2) is 11.9 Å². The molecule has 0 amide bonds. The third-order valence-electron chi connectivity index (χ3n) is 1.70. The SMILES string of the molecule is N=CCNC/C(F)=C/CC[C@H](N)C(=O)O. The monoisotopic (exact) mass is 217 g/mol. The summed E-state index contributed by atoms with van der Waals surface area (Å²) in [6, 6.07) is -0.941. The smallest absolute Gasteiger partial charge is 0.320 e. The molecule has 0 aromatic carbocycles. The van der Waals surface area contributed by atoms with Crippen LogP contribution in [0.4, 0.5) is 4.39 Å². The van der Waals surface area contributed by atoms with Gasteiger partial charge in [-0.25, -0.2) is 4.39 Å². The standard InChI is InChI=1S/C9H16FN3O2/c10-7(6-13-5-4-11)2-1-3-8(12)9(14)15/h2,4,8,11,13H,1,3,5-6,12H2,(H,14,15)/b7-2-,11-4?/t8-/m0/s1. The molecule has 0 unspecified atom stereocenters. The molecule has 0 rings (SSSR count). The van der Waals surface area contributed by atoms with Crippen LogP contribution >= 0.6 is 0 Å². The number of hydrogen-bond acceptors (Lipinski definition) is 4. The summed E-state index contributed by atoms with van der Waals surface area (Å²) in [5.74, 6) is -1.44. The van der Waals surface area contributed by atoms with E-state index < -0.39 is 12.0 Å². The van der Waals surface area contributed by atoms with Gasteiger partial charge in [0.2, 0.25) is 0 Å². The van der Waals surface area contributed by atoms with E-state index in [2.05, 4.69) is 5.32 Å². The predicted octanol–water partition coefficient (Wildman–Crippen LogP) is 0.271. The number of halogens is 1. The molecule has 0 spiro atoms. The van der Waals surface area contributed by atoms with Crippen LogP contribution in [0.2, 0.25) is 0 Å². The van der Waals surface area contributed by atoms with Gasteiger partial charge < -0.3 is 21.6 Å². The lowest BCUT2D eigenvalue weighted by Gasteiger charge is -2.03. The Hall–Kier alpha value is -1.27. The van der Waals surface area contributed by atoms with Gasteiger partial charge in [-0.15, -0.1) is 0 Å². The van der Waals surface area contributed by atoms with Crippen LogP contribution < -0.4 is 11.1 Å². The summed E-state index contributed by atoms with van der Waals surface area (Å²) >= 11 is 0. The largest absolute Gasteiger partial charge is 0.480 e. The van der Waals surface area contributed by atoms with Crippen LogP contribution in [0.5, 0.6) is 0 Å². The number of nitrogens with two attached hydrogens (primary N) is 1.